The van der Waals surface area contributed by atoms with Crippen LogP contribution in [0.2, 0.25) is 0 Å². The van der Waals surface area contributed by atoms with Crippen LogP contribution in [-0.4, -0.2) is 67.1 Å². The molecule has 10 nitrogen and oxygen atoms in total. The number of imidazole rings is 1. The standard InChI is InChI=1S/C26H35N5O.C4H6O4/c1-6-20(24-27-10-11-28-24)29-25(32)17-12-19-18-8-7-9-21-23(18)16(13-22(19)30(5)14-17)15-31(21)26(2,3)4;5-3(6)1-2-4(7)8/h7-11,15,17,19-20,22H,6,12-14H2,1-5H3,(H,27,28)(H,29,32);1-2H2,(H,5,6)(H,7,8)/t17-,19-,20?,22-;/m1./s1. The van der Waals surface area contributed by atoms with Gasteiger partial charge in [-0.05, 0) is 64.3 Å². The second kappa shape index (κ2) is 11.8. The summed E-state index contributed by atoms with van der Waals surface area (Å²) in [6.45, 7) is 9.68. The van der Waals surface area contributed by atoms with Crippen LogP contribution in [0, 0.1) is 5.92 Å². The number of fused-ring (bicyclic) bond motifs is 2. The predicted molar refractivity (Wildman–Crippen MR) is 152 cm³/mol. The van der Waals surface area contributed by atoms with Crippen LogP contribution in [-0.2, 0) is 26.3 Å². The van der Waals surface area contributed by atoms with Crippen molar-refractivity contribution in [3.63, 3.8) is 0 Å². The van der Waals surface area contributed by atoms with E-state index in [9.17, 15) is 14.4 Å². The van der Waals surface area contributed by atoms with Crippen LogP contribution in [0.1, 0.15) is 82.3 Å². The molecular formula is C30H41N5O5. The third kappa shape index (κ3) is 6.22. The molecule has 10 heteroatoms. The van der Waals surface area contributed by atoms with Gasteiger partial charge >= 0.3 is 11.9 Å². The number of hydrogen-bond donors (Lipinski definition) is 4. The average molecular weight is 552 g/mol. The zero-order valence-corrected chi connectivity index (χ0v) is 24.0. The number of piperidine rings is 1. The number of carbonyl (C=O) groups excluding carboxylic acids is 1. The molecule has 0 bridgehead atoms. The van der Waals surface area contributed by atoms with Crippen molar-refractivity contribution in [2.24, 2.45) is 5.92 Å². The van der Waals surface area contributed by atoms with Crippen LogP contribution in [0.15, 0.2) is 36.8 Å². The van der Waals surface area contributed by atoms with E-state index in [1.807, 2.05) is 6.20 Å². The van der Waals surface area contributed by atoms with Crippen LogP contribution in [0.25, 0.3) is 10.9 Å². The second-order valence-corrected chi connectivity index (χ2v) is 11.9. The first-order valence-electron chi connectivity index (χ1n) is 14.0. The monoisotopic (exact) mass is 551 g/mol. The molecule has 3 heterocycles. The maximum atomic E-state index is 13.3. The molecule has 1 aliphatic carbocycles. The van der Waals surface area contributed by atoms with E-state index in [1.165, 1.54) is 22.0 Å². The smallest absolute Gasteiger partial charge is 0.303 e. The molecule has 0 saturated carbocycles. The first-order valence-corrected chi connectivity index (χ1v) is 14.0. The number of likely N-dealkylation sites (tertiary alicyclic amines) is 1. The number of benzene rings is 1. The minimum absolute atomic E-state index is 0.0215. The molecular weight excluding hydrogens is 510 g/mol. The van der Waals surface area contributed by atoms with Gasteiger partial charge in [0.25, 0.3) is 0 Å². The van der Waals surface area contributed by atoms with E-state index in [0.717, 1.165) is 31.6 Å². The highest BCUT2D eigenvalue weighted by molar-refractivity contribution is 5.89. The van der Waals surface area contributed by atoms with Crippen molar-refractivity contribution in [3.8, 4) is 0 Å². The summed E-state index contributed by atoms with van der Waals surface area (Å²) in [6.07, 6.45) is 8.10. The number of aromatic nitrogens is 3. The number of amides is 1. The van der Waals surface area contributed by atoms with Crippen LogP contribution in [0.5, 0.6) is 0 Å². The molecule has 216 valence electrons. The maximum absolute atomic E-state index is 13.3. The summed E-state index contributed by atoms with van der Waals surface area (Å²) >= 11 is 0. The zero-order valence-electron chi connectivity index (χ0n) is 24.0. The lowest BCUT2D eigenvalue weighted by Crippen LogP contribution is -2.51. The zero-order chi connectivity index (χ0) is 29.2. The fraction of sp³-hybridized carbons (Fsp3) is 0.533. The highest BCUT2D eigenvalue weighted by atomic mass is 16.4. The highest BCUT2D eigenvalue weighted by Gasteiger charge is 2.42. The van der Waals surface area contributed by atoms with Gasteiger partial charge in [0, 0.05) is 53.5 Å². The molecule has 5 rings (SSSR count). The normalized spacial score (nSPS) is 21.2. The van der Waals surface area contributed by atoms with Gasteiger partial charge in [0.2, 0.25) is 5.91 Å². The van der Waals surface area contributed by atoms with Crippen molar-refractivity contribution in [2.45, 2.75) is 83.3 Å². The number of H-pyrrole nitrogens is 1. The Kier molecular flexibility index (Phi) is 8.68. The van der Waals surface area contributed by atoms with Crippen molar-refractivity contribution in [3.05, 3.63) is 53.7 Å². The van der Waals surface area contributed by atoms with Crippen molar-refractivity contribution in [1.29, 1.82) is 0 Å². The van der Waals surface area contributed by atoms with Crippen molar-refractivity contribution < 1.29 is 24.6 Å². The molecule has 1 fully saturated rings. The Bertz CT molecular complexity index is 1340. The van der Waals surface area contributed by atoms with E-state index in [4.69, 9.17) is 10.2 Å². The van der Waals surface area contributed by atoms with Crippen LogP contribution in [0.3, 0.4) is 0 Å². The van der Waals surface area contributed by atoms with Gasteiger partial charge < -0.3 is 30.0 Å². The Hall–Kier alpha value is -3.66. The number of rotatable bonds is 7. The number of hydrogen-bond acceptors (Lipinski definition) is 5. The maximum Gasteiger partial charge on any atom is 0.303 e. The lowest BCUT2D eigenvalue weighted by Gasteiger charge is -2.45. The summed E-state index contributed by atoms with van der Waals surface area (Å²) in [4.78, 5) is 42.5. The molecule has 1 aromatic carbocycles. The predicted octanol–water partition coefficient (Wildman–Crippen LogP) is 4.28. The molecule has 1 aliphatic heterocycles. The van der Waals surface area contributed by atoms with Crippen LogP contribution < -0.4 is 5.32 Å². The van der Waals surface area contributed by atoms with Gasteiger partial charge in [-0.1, -0.05) is 19.1 Å². The molecule has 1 saturated heterocycles. The minimum Gasteiger partial charge on any atom is -0.481 e. The first-order chi connectivity index (χ1) is 18.9. The molecule has 2 aliphatic rings. The SMILES string of the molecule is CCC(NC(=O)[C@@H]1C[C@@H]2c3cccc4c3c(cn4C(C)(C)C)C[C@H]2N(C)C1)c1ncc[nH]1.O=C(O)CCC(=O)O. The third-order valence-electron chi connectivity index (χ3n) is 8.07. The van der Waals surface area contributed by atoms with E-state index in [-0.39, 0.29) is 36.2 Å². The topological polar surface area (TPSA) is 141 Å². The van der Waals surface area contributed by atoms with Gasteiger partial charge in [0.15, 0.2) is 0 Å². The quantitative estimate of drug-likeness (QED) is 0.343. The fourth-order valence-electron chi connectivity index (χ4n) is 6.13. The van der Waals surface area contributed by atoms with E-state index >= 15 is 0 Å². The lowest BCUT2D eigenvalue weighted by atomic mass is 9.72. The summed E-state index contributed by atoms with van der Waals surface area (Å²) in [5, 5.41) is 20.5. The number of likely N-dealkylation sites (N-methyl/N-ethyl adjacent to an activating group) is 1. The number of carbonyl (C=O) groups is 3. The first kappa shape index (κ1) is 29.3. The average Bonchev–Trinajstić information content (AvgIpc) is 3.56. The number of aromatic amines is 1. The molecule has 1 amide bonds. The molecule has 4 N–H and O–H groups in total. The summed E-state index contributed by atoms with van der Waals surface area (Å²) in [7, 11) is 2.19. The lowest BCUT2D eigenvalue weighted by molar-refractivity contribution is -0.143. The van der Waals surface area contributed by atoms with E-state index in [1.54, 1.807) is 6.20 Å². The van der Waals surface area contributed by atoms with E-state index in [2.05, 4.69) is 83.9 Å². The minimum atomic E-state index is -1.08. The Morgan fingerprint density at radius 3 is 2.45 bits per heavy atom. The third-order valence-corrected chi connectivity index (χ3v) is 8.07. The molecule has 4 atom stereocenters. The van der Waals surface area contributed by atoms with Gasteiger partial charge in [-0.15, -0.1) is 0 Å². The molecule has 1 unspecified atom stereocenters. The Morgan fingerprint density at radius 2 is 1.88 bits per heavy atom. The Balaban J connectivity index is 0.000000406. The number of nitrogens with one attached hydrogen (secondary N) is 2. The number of carboxylic acid groups (broad SMARTS) is 2. The van der Waals surface area contributed by atoms with Crippen molar-refractivity contribution >= 4 is 28.7 Å². The summed E-state index contributed by atoms with van der Waals surface area (Å²) in [5.74, 6) is -0.825. The summed E-state index contributed by atoms with van der Waals surface area (Å²) < 4.78 is 2.43. The van der Waals surface area contributed by atoms with Crippen LogP contribution >= 0.6 is 0 Å². The number of nitrogens with zero attached hydrogens (tertiary/aromatic N) is 3. The molecule has 40 heavy (non-hydrogen) atoms. The molecule has 2 aromatic heterocycles. The van der Waals surface area contributed by atoms with Crippen LogP contribution in [0.4, 0.5) is 0 Å². The fourth-order valence-corrected chi connectivity index (χ4v) is 6.13. The molecule has 0 radical (unpaired) electrons. The van der Waals surface area contributed by atoms with Crippen molar-refractivity contribution in [1.82, 2.24) is 24.8 Å². The Morgan fingerprint density at radius 1 is 1.18 bits per heavy atom. The largest absolute Gasteiger partial charge is 0.481 e. The van der Waals surface area contributed by atoms with Gasteiger partial charge in [-0.3, -0.25) is 14.4 Å². The summed E-state index contributed by atoms with van der Waals surface area (Å²) in [5.41, 5.74) is 4.23. The van der Waals surface area contributed by atoms with Gasteiger partial charge in [0.05, 0.1) is 24.8 Å². The number of carboxylic acids is 2. The highest BCUT2D eigenvalue weighted by Crippen LogP contribution is 2.45. The van der Waals surface area contributed by atoms with Gasteiger partial charge in [-0.2, -0.15) is 0 Å². The van der Waals surface area contributed by atoms with E-state index in [0.29, 0.717) is 12.0 Å². The van der Waals surface area contributed by atoms with Crippen molar-refractivity contribution in [2.75, 3.05) is 13.6 Å². The van der Waals surface area contributed by atoms with Gasteiger partial charge in [0.1, 0.15) is 5.82 Å². The second-order valence-electron chi connectivity index (χ2n) is 11.9. The number of aliphatic carboxylic acids is 2. The summed E-state index contributed by atoms with van der Waals surface area (Å²) in [6, 6.07) is 7.11. The van der Waals surface area contributed by atoms with Gasteiger partial charge in [-0.25, -0.2) is 4.98 Å². The molecule has 3 aromatic rings. The Labute approximate surface area is 234 Å². The molecule has 0 spiro atoms. The van der Waals surface area contributed by atoms with E-state index < -0.39 is 11.9 Å².